The summed E-state index contributed by atoms with van der Waals surface area (Å²) in [5, 5.41) is 0.786. The Balaban J connectivity index is 1.57. The van der Waals surface area contributed by atoms with Gasteiger partial charge in [-0.1, -0.05) is 35.9 Å². The molecule has 2 aromatic rings. The number of hydrogen-bond donors (Lipinski definition) is 0. The molecule has 0 saturated carbocycles. The van der Waals surface area contributed by atoms with Gasteiger partial charge >= 0.3 is 0 Å². The maximum atomic E-state index is 6.28. The van der Waals surface area contributed by atoms with Crippen molar-refractivity contribution in [2.75, 3.05) is 7.05 Å². The van der Waals surface area contributed by atoms with Gasteiger partial charge in [-0.15, -0.1) is 0 Å². The summed E-state index contributed by atoms with van der Waals surface area (Å²) in [6.07, 6.45) is 7.21. The van der Waals surface area contributed by atoms with E-state index in [1.165, 1.54) is 31.4 Å². The molecule has 0 spiro atoms. The third-order valence-corrected chi connectivity index (χ3v) is 5.82. The average Bonchev–Trinajstić information content (AvgIpc) is 2.76. The minimum atomic E-state index is 0.619. The second kappa shape index (κ2) is 5.68. The van der Waals surface area contributed by atoms with E-state index in [0.717, 1.165) is 28.2 Å². The van der Waals surface area contributed by atoms with Crippen LogP contribution in [0, 0.1) is 0 Å². The summed E-state index contributed by atoms with van der Waals surface area (Å²) in [4.78, 5) is 7.34. The topological polar surface area (TPSA) is 16.1 Å². The minimum Gasteiger partial charge on any atom is -0.300 e. The lowest BCUT2D eigenvalue weighted by Gasteiger charge is -2.36. The normalized spacial score (nSPS) is 28.0. The third kappa shape index (κ3) is 2.45. The molecule has 4 rings (SSSR count). The van der Waals surface area contributed by atoms with Crippen molar-refractivity contribution in [2.24, 2.45) is 0 Å². The molecule has 0 aliphatic carbocycles. The molecular weight excluding hydrogens is 292 g/mol. The molecule has 2 nitrogen and oxygen atoms in total. The van der Waals surface area contributed by atoms with E-state index in [2.05, 4.69) is 30.1 Å². The van der Waals surface area contributed by atoms with Crippen molar-refractivity contribution >= 4 is 11.6 Å². The molecule has 0 amide bonds. The van der Waals surface area contributed by atoms with Gasteiger partial charge in [0, 0.05) is 46.0 Å². The van der Waals surface area contributed by atoms with Crippen molar-refractivity contribution in [2.45, 2.75) is 43.7 Å². The Morgan fingerprint density at radius 2 is 1.77 bits per heavy atom. The van der Waals surface area contributed by atoms with E-state index >= 15 is 0 Å². The smallest absolute Gasteiger partial charge is 0.0484 e. The van der Waals surface area contributed by atoms with Gasteiger partial charge < -0.3 is 4.90 Å². The molecule has 3 heterocycles. The van der Waals surface area contributed by atoms with Crippen molar-refractivity contribution in [1.82, 2.24) is 9.88 Å². The molecule has 2 fully saturated rings. The molecule has 114 valence electrons. The largest absolute Gasteiger partial charge is 0.300 e. The summed E-state index contributed by atoms with van der Waals surface area (Å²) in [5.41, 5.74) is 3.41. The molecule has 2 saturated heterocycles. The second-order valence-electron chi connectivity index (χ2n) is 6.67. The highest BCUT2D eigenvalue weighted by Crippen LogP contribution is 2.41. The molecule has 0 N–H and O–H groups in total. The number of benzene rings is 1. The van der Waals surface area contributed by atoms with Crippen LogP contribution in [0.1, 0.15) is 37.3 Å². The van der Waals surface area contributed by atoms with Crippen LogP contribution in [0.3, 0.4) is 0 Å². The molecule has 3 heteroatoms. The van der Waals surface area contributed by atoms with Gasteiger partial charge in [0.1, 0.15) is 0 Å². The summed E-state index contributed by atoms with van der Waals surface area (Å²) >= 11 is 6.28. The van der Waals surface area contributed by atoms with E-state index in [-0.39, 0.29) is 0 Å². The van der Waals surface area contributed by atoms with Crippen LogP contribution in [0.25, 0.3) is 11.1 Å². The van der Waals surface area contributed by atoms with Crippen molar-refractivity contribution in [3.8, 4) is 11.1 Å². The predicted octanol–water partition coefficient (Wildman–Crippen LogP) is 4.74. The quantitative estimate of drug-likeness (QED) is 0.796. The molecule has 0 radical (unpaired) electrons. The summed E-state index contributed by atoms with van der Waals surface area (Å²) in [6.45, 7) is 0. The van der Waals surface area contributed by atoms with Crippen LogP contribution >= 0.6 is 11.6 Å². The number of piperidine rings is 1. The van der Waals surface area contributed by atoms with Gasteiger partial charge in [0.2, 0.25) is 0 Å². The maximum Gasteiger partial charge on any atom is 0.0484 e. The summed E-state index contributed by atoms with van der Waals surface area (Å²) in [6, 6.07) is 13.8. The number of halogens is 1. The van der Waals surface area contributed by atoms with Gasteiger partial charge in [0.25, 0.3) is 0 Å². The highest BCUT2D eigenvalue weighted by atomic mass is 35.5. The Kier molecular flexibility index (Phi) is 3.67. The zero-order chi connectivity index (χ0) is 15.1. The summed E-state index contributed by atoms with van der Waals surface area (Å²) < 4.78 is 0. The Hall–Kier alpha value is -1.38. The highest BCUT2D eigenvalue weighted by molar-refractivity contribution is 6.33. The fraction of sp³-hybridized carbons (Fsp3) is 0.421. The fourth-order valence-corrected chi connectivity index (χ4v) is 4.40. The summed E-state index contributed by atoms with van der Waals surface area (Å²) in [7, 11) is 2.28. The van der Waals surface area contributed by atoms with Crippen LogP contribution < -0.4 is 0 Å². The van der Waals surface area contributed by atoms with E-state index in [4.69, 9.17) is 16.6 Å². The lowest BCUT2D eigenvalue weighted by atomic mass is 9.88. The summed E-state index contributed by atoms with van der Waals surface area (Å²) in [5.74, 6) is 0.619. The second-order valence-corrected chi connectivity index (χ2v) is 7.08. The van der Waals surface area contributed by atoms with E-state index in [9.17, 15) is 0 Å². The number of pyridine rings is 1. The number of aromatic nitrogens is 1. The lowest BCUT2D eigenvalue weighted by Crippen LogP contribution is -2.39. The zero-order valence-corrected chi connectivity index (χ0v) is 13.6. The van der Waals surface area contributed by atoms with Gasteiger partial charge in [-0.3, -0.25) is 4.98 Å². The molecule has 2 atom stereocenters. The lowest BCUT2D eigenvalue weighted by molar-refractivity contribution is 0.160. The molecule has 22 heavy (non-hydrogen) atoms. The van der Waals surface area contributed by atoms with Crippen LogP contribution in [0.5, 0.6) is 0 Å². The monoisotopic (exact) mass is 312 g/mol. The van der Waals surface area contributed by atoms with Gasteiger partial charge in [0.05, 0.1) is 0 Å². The number of nitrogens with zero attached hydrogens (tertiary/aromatic N) is 2. The van der Waals surface area contributed by atoms with Gasteiger partial charge in [-0.05, 0) is 44.9 Å². The standard InChI is InChI=1S/C19H21ClN2/c1-22-15-7-8-16(22)11-14(10-15)19-9-6-13(12-21-19)17-4-2-3-5-18(17)20/h2-6,9,12,14-16H,7-8,10-11H2,1H3. The van der Waals surface area contributed by atoms with Gasteiger partial charge in [-0.2, -0.15) is 0 Å². The van der Waals surface area contributed by atoms with E-state index in [1.54, 1.807) is 0 Å². The molecule has 2 unspecified atom stereocenters. The van der Waals surface area contributed by atoms with Crippen molar-refractivity contribution in [3.05, 3.63) is 53.3 Å². The molecule has 1 aromatic carbocycles. The van der Waals surface area contributed by atoms with Crippen LogP contribution in [0.2, 0.25) is 5.02 Å². The van der Waals surface area contributed by atoms with Gasteiger partial charge in [0.15, 0.2) is 0 Å². The number of rotatable bonds is 2. The van der Waals surface area contributed by atoms with E-state index in [0.29, 0.717) is 5.92 Å². The first-order valence-electron chi connectivity index (χ1n) is 8.15. The SMILES string of the molecule is CN1C2CCC1CC(c1ccc(-c3ccccc3Cl)cn1)C2. The zero-order valence-electron chi connectivity index (χ0n) is 12.9. The van der Waals surface area contributed by atoms with Crippen molar-refractivity contribution in [3.63, 3.8) is 0 Å². The number of hydrogen-bond acceptors (Lipinski definition) is 2. The molecule has 2 aliphatic heterocycles. The fourth-order valence-electron chi connectivity index (χ4n) is 4.15. The Bertz CT molecular complexity index is 653. The van der Waals surface area contributed by atoms with Crippen LogP contribution in [-0.2, 0) is 0 Å². The molecule has 2 bridgehead atoms. The van der Waals surface area contributed by atoms with Crippen LogP contribution in [0.15, 0.2) is 42.6 Å². The Morgan fingerprint density at radius 3 is 2.41 bits per heavy atom. The predicted molar refractivity (Wildman–Crippen MR) is 91.2 cm³/mol. The molecule has 2 aliphatic rings. The van der Waals surface area contributed by atoms with E-state index < -0.39 is 0 Å². The molecular formula is C19H21ClN2. The number of fused-ring (bicyclic) bond motifs is 2. The van der Waals surface area contributed by atoms with Crippen LogP contribution in [-0.4, -0.2) is 29.0 Å². The van der Waals surface area contributed by atoms with Crippen LogP contribution in [0.4, 0.5) is 0 Å². The Labute approximate surface area is 137 Å². The third-order valence-electron chi connectivity index (χ3n) is 5.49. The average molecular weight is 313 g/mol. The van der Waals surface area contributed by atoms with Gasteiger partial charge in [-0.25, -0.2) is 0 Å². The van der Waals surface area contributed by atoms with Crippen molar-refractivity contribution in [1.29, 1.82) is 0 Å². The first-order chi connectivity index (χ1) is 10.7. The Morgan fingerprint density at radius 1 is 1.05 bits per heavy atom. The highest BCUT2D eigenvalue weighted by Gasteiger charge is 2.39. The first kappa shape index (κ1) is 14.2. The van der Waals surface area contributed by atoms with Crippen molar-refractivity contribution < 1.29 is 0 Å². The maximum absolute atomic E-state index is 6.28. The molecule has 1 aromatic heterocycles. The van der Waals surface area contributed by atoms with E-state index in [1.807, 2.05) is 24.4 Å². The minimum absolute atomic E-state index is 0.619. The first-order valence-corrected chi connectivity index (χ1v) is 8.53.